The van der Waals surface area contributed by atoms with Crippen molar-refractivity contribution in [3.8, 4) is 5.75 Å². The monoisotopic (exact) mass is 336 g/mol. The molecule has 2 heterocycles. The summed E-state index contributed by atoms with van der Waals surface area (Å²) in [7, 11) is 0. The van der Waals surface area contributed by atoms with E-state index in [-0.39, 0.29) is 11.8 Å². The van der Waals surface area contributed by atoms with Crippen LogP contribution in [-0.2, 0) is 11.2 Å². The molecule has 25 heavy (non-hydrogen) atoms. The molecule has 0 bridgehead atoms. The molecule has 2 amide bonds. The molecule has 4 rings (SSSR count). The largest absolute Gasteiger partial charge is 0.480 e. The summed E-state index contributed by atoms with van der Waals surface area (Å²) in [5.74, 6) is 0.555. The number of hydrogen-bond donors (Lipinski definition) is 1. The second kappa shape index (κ2) is 6.24. The lowest BCUT2D eigenvalue weighted by Crippen LogP contribution is -2.45. The Bertz CT molecular complexity index is 847. The van der Waals surface area contributed by atoms with Crippen molar-refractivity contribution in [2.24, 2.45) is 0 Å². The SMILES string of the molecule is Cc1ccc2c(c1)CC[C@H](C(=O)N1CCNC(=O)c3ccccc31)O2. The molecule has 5 heteroatoms. The fraction of sp³-hybridized carbons (Fsp3) is 0.300. The van der Waals surface area contributed by atoms with Gasteiger partial charge in [0.15, 0.2) is 6.10 Å². The molecule has 0 fully saturated rings. The van der Waals surface area contributed by atoms with Gasteiger partial charge in [0.25, 0.3) is 11.8 Å². The van der Waals surface area contributed by atoms with Crippen LogP contribution in [0.15, 0.2) is 42.5 Å². The zero-order valence-electron chi connectivity index (χ0n) is 14.1. The van der Waals surface area contributed by atoms with Gasteiger partial charge in [-0.05, 0) is 43.5 Å². The first kappa shape index (κ1) is 15.7. The quantitative estimate of drug-likeness (QED) is 0.870. The number of carbonyl (C=O) groups is 2. The molecule has 0 aromatic heterocycles. The minimum absolute atomic E-state index is 0.0878. The van der Waals surface area contributed by atoms with E-state index in [0.717, 1.165) is 17.7 Å². The van der Waals surface area contributed by atoms with Crippen LogP contribution in [-0.4, -0.2) is 31.0 Å². The Kier molecular flexibility index (Phi) is 3.92. The summed E-state index contributed by atoms with van der Waals surface area (Å²) in [5.41, 5.74) is 3.52. The first-order valence-electron chi connectivity index (χ1n) is 8.58. The predicted octanol–water partition coefficient (Wildman–Crippen LogP) is 2.47. The second-order valence-corrected chi connectivity index (χ2v) is 6.52. The smallest absolute Gasteiger partial charge is 0.268 e. The molecule has 0 unspecified atom stereocenters. The van der Waals surface area contributed by atoms with Crippen molar-refractivity contribution < 1.29 is 14.3 Å². The lowest BCUT2D eigenvalue weighted by molar-refractivity contribution is -0.126. The highest BCUT2D eigenvalue weighted by Crippen LogP contribution is 2.31. The number of carbonyl (C=O) groups excluding carboxylic acids is 2. The van der Waals surface area contributed by atoms with Gasteiger partial charge in [-0.3, -0.25) is 9.59 Å². The Hall–Kier alpha value is -2.82. The third-order valence-corrected chi connectivity index (χ3v) is 4.76. The van der Waals surface area contributed by atoms with Gasteiger partial charge in [0, 0.05) is 13.1 Å². The van der Waals surface area contributed by atoms with Crippen LogP contribution in [0.3, 0.4) is 0 Å². The number of hydrogen-bond acceptors (Lipinski definition) is 3. The van der Waals surface area contributed by atoms with E-state index in [1.54, 1.807) is 11.0 Å². The molecule has 1 N–H and O–H groups in total. The van der Waals surface area contributed by atoms with Crippen LogP contribution in [0.5, 0.6) is 5.75 Å². The van der Waals surface area contributed by atoms with E-state index in [2.05, 4.69) is 18.3 Å². The lowest BCUT2D eigenvalue weighted by Gasteiger charge is -2.30. The van der Waals surface area contributed by atoms with Crippen molar-refractivity contribution in [3.63, 3.8) is 0 Å². The fourth-order valence-electron chi connectivity index (χ4n) is 3.49. The van der Waals surface area contributed by atoms with Gasteiger partial charge in [-0.2, -0.15) is 0 Å². The van der Waals surface area contributed by atoms with Crippen molar-refractivity contribution in [3.05, 3.63) is 59.2 Å². The van der Waals surface area contributed by atoms with Crippen LogP contribution in [0.25, 0.3) is 0 Å². The highest BCUT2D eigenvalue weighted by Gasteiger charge is 2.33. The van der Waals surface area contributed by atoms with Crippen molar-refractivity contribution >= 4 is 17.5 Å². The minimum atomic E-state index is -0.517. The molecular weight excluding hydrogens is 316 g/mol. The highest BCUT2D eigenvalue weighted by molar-refractivity contribution is 6.06. The maximum atomic E-state index is 13.1. The van der Waals surface area contributed by atoms with Gasteiger partial charge in [0.05, 0.1) is 11.3 Å². The molecular formula is C20H20N2O3. The number of anilines is 1. The zero-order chi connectivity index (χ0) is 17.4. The summed E-state index contributed by atoms with van der Waals surface area (Å²) >= 11 is 0. The molecule has 0 radical (unpaired) electrons. The number of aryl methyl sites for hydroxylation is 2. The Morgan fingerprint density at radius 3 is 2.96 bits per heavy atom. The summed E-state index contributed by atoms with van der Waals surface area (Å²) < 4.78 is 5.99. The van der Waals surface area contributed by atoms with Crippen LogP contribution < -0.4 is 15.0 Å². The van der Waals surface area contributed by atoms with Crippen molar-refractivity contribution in [1.29, 1.82) is 0 Å². The fourth-order valence-corrected chi connectivity index (χ4v) is 3.49. The molecule has 0 spiro atoms. The van der Waals surface area contributed by atoms with E-state index in [0.29, 0.717) is 30.8 Å². The number of fused-ring (bicyclic) bond motifs is 2. The number of ether oxygens (including phenoxy) is 1. The molecule has 1 atom stereocenters. The number of amides is 2. The van der Waals surface area contributed by atoms with E-state index >= 15 is 0 Å². The Balaban J connectivity index is 1.62. The van der Waals surface area contributed by atoms with E-state index < -0.39 is 6.10 Å². The van der Waals surface area contributed by atoms with Crippen molar-refractivity contribution in [2.75, 3.05) is 18.0 Å². The minimum Gasteiger partial charge on any atom is -0.480 e. The van der Waals surface area contributed by atoms with Gasteiger partial charge in [0.1, 0.15) is 5.75 Å². The average molecular weight is 336 g/mol. The Morgan fingerprint density at radius 2 is 2.08 bits per heavy atom. The van der Waals surface area contributed by atoms with Crippen LogP contribution >= 0.6 is 0 Å². The third-order valence-electron chi connectivity index (χ3n) is 4.76. The Labute approximate surface area is 146 Å². The number of rotatable bonds is 1. The summed E-state index contributed by atoms with van der Waals surface area (Å²) in [6.07, 6.45) is 0.951. The number of benzene rings is 2. The normalized spacial score (nSPS) is 19.2. The summed E-state index contributed by atoms with van der Waals surface area (Å²) in [6, 6.07) is 13.3. The van der Waals surface area contributed by atoms with Gasteiger partial charge >= 0.3 is 0 Å². The van der Waals surface area contributed by atoms with Crippen LogP contribution in [0.1, 0.15) is 27.9 Å². The molecule has 5 nitrogen and oxygen atoms in total. The molecule has 2 aromatic carbocycles. The van der Waals surface area contributed by atoms with Crippen LogP contribution in [0.2, 0.25) is 0 Å². The molecule has 0 saturated heterocycles. The van der Waals surface area contributed by atoms with E-state index in [1.165, 1.54) is 5.56 Å². The first-order chi connectivity index (χ1) is 12.1. The topological polar surface area (TPSA) is 58.6 Å². The number of nitrogens with zero attached hydrogens (tertiary/aromatic N) is 1. The second-order valence-electron chi connectivity index (χ2n) is 6.52. The molecule has 2 aliphatic heterocycles. The summed E-state index contributed by atoms with van der Waals surface area (Å²) in [6.45, 7) is 2.93. The van der Waals surface area contributed by atoms with E-state index in [9.17, 15) is 9.59 Å². The maximum Gasteiger partial charge on any atom is 0.268 e. The lowest BCUT2D eigenvalue weighted by atomic mass is 9.99. The molecule has 0 saturated carbocycles. The van der Waals surface area contributed by atoms with Gasteiger partial charge in [-0.15, -0.1) is 0 Å². The van der Waals surface area contributed by atoms with Gasteiger partial charge in [0.2, 0.25) is 0 Å². The van der Waals surface area contributed by atoms with E-state index in [4.69, 9.17) is 4.74 Å². The summed E-state index contributed by atoms with van der Waals surface area (Å²) in [4.78, 5) is 27.0. The van der Waals surface area contributed by atoms with Gasteiger partial charge in [-0.1, -0.05) is 29.8 Å². The third kappa shape index (κ3) is 2.86. The molecule has 128 valence electrons. The zero-order valence-corrected chi connectivity index (χ0v) is 14.1. The maximum absolute atomic E-state index is 13.1. The number of para-hydroxylation sites is 1. The van der Waals surface area contributed by atoms with Crippen LogP contribution in [0.4, 0.5) is 5.69 Å². The Morgan fingerprint density at radius 1 is 1.24 bits per heavy atom. The molecule has 0 aliphatic carbocycles. The van der Waals surface area contributed by atoms with Crippen molar-refractivity contribution in [1.82, 2.24) is 5.32 Å². The van der Waals surface area contributed by atoms with Crippen molar-refractivity contribution in [2.45, 2.75) is 25.9 Å². The number of nitrogens with one attached hydrogen (secondary N) is 1. The van der Waals surface area contributed by atoms with Gasteiger partial charge < -0.3 is 15.0 Å². The predicted molar refractivity (Wildman–Crippen MR) is 95.0 cm³/mol. The van der Waals surface area contributed by atoms with Gasteiger partial charge in [-0.25, -0.2) is 0 Å². The van der Waals surface area contributed by atoms with E-state index in [1.807, 2.05) is 30.3 Å². The summed E-state index contributed by atoms with van der Waals surface area (Å²) in [5, 5.41) is 2.84. The average Bonchev–Trinajstić information content (AvgIpc) is 2.80. The molecule has 2 aromatic rings. The standard InChI is InChI=1S/C20H20N2O3/c1-13-6-8-17-14(12-13)7-9-18(25-17)20(24)22-11-10-21-19(23)15-4-2-3-5-16(15)22/h2-6,8,12,18H,7,9-11H2,1H3,(H,21,23)/t18-/m1/s1. The first-order valence-corrected chi connectivity index (χ1v) is 8.58. The highest BCUT2D eigenvalue weighted by atomic mass is 16.5. The van der Waals surface area contributed by atoms with Crippen LogP contribution in [0, 0.1) is 6.92 Å². The molecule has 2 aliphatic rings.